The van der Waals surface area contributed by atoms with Gasteiger partial charge in [-0.05, 0) is 63.4 Å². The van der Waals surface area contributed by atoms with Gasteiger partial charge in [-0.1, -0.05) is 36.4 Å². The monoisotopic (exact) mass is 379 g/mol. The van der Waals surface area contributed by atoms with Crippen molar-refractivity contribution < 1.29 is 9.59 Å². The van der Waals surface area contributed by atoms with E-state index >= 15 is 0 Å². The number of para-hydroxylation sites is 2. The molecule has 148 valence electrons. The highest BCUT2D eigenvalue weighted by Gasteiger charge is 2.28. The molecule has 2 aromatic rings. The molecule has 28 heavy (non-hydrogen) atoms. The molecule has 0 spiro atoms. The van der Waals surface area contributed by atoms with Crippen molar-refractivity contribution in [3.05, 3.63) is 59.2 Å². The Hall–Kier alpha value is -2.66. The third-order valence-electron chi connectivity index (χ3n) is 5.36. The zero-order chi connectivity index (χ0) is 20.3. The van der Waals surface area contributed by atoms with Crippen molar-refractivity contribution in [2.45, 2.75) is 39.7 Å². The summed E-state index contributed by atoms with van der Waals surface area (Å²) >= 11 is 0. The molecule has 1 unspecified atom stereocenters. The van der Waals surface area contributed by atoms with Gasteiger partial charge in [-0.25, -0.2) is 0 Å². The van der Waals surface area contributed by atoms with Crippen molar-refractivity contribution in [3.8, 4) is 0 Å². The Balaban J connectivity index is 1.62. The Labute approximate surface area is 167 Å². The first kappa shape index (κ1) is 20.1. The van der Waals surface area contributed by atoms with Crippen LogP contribution in [0.4, 0.5) is 11.4 Å². The summed E-state index contributed by atoms with van der Waals surface area (Å²) in [7, 11) is 1.81. The smallest absolute Gasteiger partial charge is 0.241 e. The molecular weight excluding hydrogens is 350 g/mol. The molecule has 3 rings (SSSR count). The van der Waals surface area contributed by atoms with Gasteiger partial charge in [0.15, 0.2) is 0 Å². The maximum atomic E-state index is 13.0. The number of nitrogens with zero attached hydrogens (tertiary/aromatic N) is 2. The van der Waals surface area contributed by atoms with Gasteiger partial charge in [0.25, 0.3) is 0 Å². The average molecular weight is 380 g/mol. The lowest BCUT2D eigenvalue weighted by Crippen LogP contribution is -2.47. The van der Waals surface area contributed by atoms with Crippen LogP contribution in [0.25, 0.3) is 0 Å². The zero-order valence-electron chi connectivity index (χ0n) is 17.2. The van der Waals surface area contributed by atoms with E-state index in [1.54, 1.807) is 4.90 Å². The fourth-order valence-corrected chi connectivity index (χ4v) is 3.87. The van der Waals surface area contributed by atoms with E-state index < -0.39 is 0 Å². The lowest BCUT2D eigenvalue weighted by molar-refractivity contribution is -0.121. The van der Waals surface area contributed by atoms with Gasteiger partial charge >= 0.3 is 0 Å². The number of carbonyl (C=O) groups excluding carboxylic acids is 2. The fourth-order valence-electron chi connectivity index (χ4n) is 3.87. The summed E-state index contributed by atoms with van der Waals surface area (Å²) in [6.45, 7) is 6.42. The number of likely N-dealkylation sites (N-methyl/N-ethyl adjacent to an activating group) is 1. The van der Waals surface area contributed by atoms with Crippen LogP contribution in [0.1, 0.15) is 30.0 Å². The van der Waals surface area contributed by atoms with Gasteiger partial charge < -0.3 is 10.2 Å². The molecule has 2 amide bonds. The summed E-state index contributed by atoms with van der Waals surface area (Å²) in [6, 6.07) is 14.2. The molecular formula is C23H29N3O2. The molecule has 1 heterocycles. The first-order valence-corrected chi connectivity index (χ1v) is 9.81. The highest BCUT2D eigenvalue weighted by molar-refractivity contribution is 5.97. The number of carbonyl (C=O) groups is 2. The van der Waals surface area contributed by atoms with Gasteiger partial charge in [0, 0.05) is 17.4 Å². The Kier molecular flexibility index (Phi) is 6.15. The van der Waals surface area contributed by atoms with Gasteiger partial charge in [-0.15, -0.1) is 0 Å². The van der Waals surface area contributed by atoms with Gasteiger partial charge in [0.2, 0.25) is 11.8 Å². The van der Waals surface area contributed by atoms with Crippen LogP contribution in [0.5, 0.6) is 0 Å². The van der Waals surface area contributed by atoms with E-state index in [0.29, 0.717) is 0 Å². The van der Waals surface area contributed by atoms with Crippen LogP contribution in [-0.4, -0.2) is 42.9 Å². The number of amides is 2. The minimum Gasteiger partial charge on any atom is -0.324 e. The molecule has 0 fully saturated rings. The van der Waals surface area contributed by atoms with E-state index in [9.17, 15) is 9.59 Å². The molecule has 0 aromatic heterocycles. The predicted octanol–water partition coefficient (Wildman–Crippen LogP) is 3.54. The second-order valence-corrected chi connectivity index (χ2v) is 7.77. The maximum Gasteiger partial charge on any atom is 0.241 e. The molecule has 5 nitrogen and oxygen atoms in total. The van der Waals surface area contributed by atoms with E-state index in [-0.39, 0.29) is 30.9 Å². The number of rotatable bonds is 5. The van der Waals surface area contributed by atoms with Crippen LogP contribution < -0.4 is 10.2 Å². The van der Waals surface area contributed by atoms with Crippen molar-refractivity contribution in [1.82, 2.24) is 4.90 Å². The fraction of sp³-hybridized carbons (Fsp3) is 0.391. The standard InChI is InChI=1S/C23H29N3O2/c1-16-8-7-9-17(2)23(16)24-21(27)14-25(4)15-22(28)26-18(3)12-13-19-10-5-6-11-20(19)26/h5-11,18H,12-15H2,1-4H3,(H,24,27). The first-order valence-electron chi connectivity index (χ1n) is 9.81. The highest BCUT2D eigenvalue weighted by atomic mass is 16.2. The van der Waals surface area contributed by atoms with Gasteiger partial charge in [-0.2, -0.15) is 0 Å². The zero-order valence-corrected chi connectivity index (χ0v) is 17.2. The second kappa shape index (κ2) is 8.57. The normalized spacial score (nSPS) is 16.0. The SMILES string of the molecule is Cc1cccc(C)c1NC(=O)CN(C)CC(=O)N1c2ccccc2CCC1C. The summed E-state index contributed by atoms with van der Waals surface area (Å²) in [5.41, 5.74) is 5.13. The summed E-state index contributed by atoms with van der Waals surface area (Å²) in [5, 5.41) is 2.98. The minimum absolute atomic E-state index is 0.0297. The van der Waals surface area contributed by atoms with Crippen LogP contribution in [0.15, 0.2) is 42.5 Å². The molecule has 0 saturated carbocycles. The molecule has 0 bridgehead atoms. The third-order valence-corrected chi connectivity index (χ3v) is 5.36. The van der Waals surface area contributed by atoms with Gasteiger partial charge in [0.05, 0.1) is 13.1 Å². The number of hydrogen-bond donors (Lipinski definition) is 1. The topological polar surface area (TPSA) is 52.7 Å². The maximum absolute atomic E-state index is 13.0. The molecule has 1 aliphatic heterocycles. The molecule has 2 aromatic carbocycles. The summed E-state index contributed by atoms with van der Waals surface area (Å²) < 4.78 is 0. The number of fused-ring (bicyclic) bond motifs is 1. The van der Waals surface area contributed by atoms with Crippen molar-refractivity contribution in [1.29, 1.82) is 0 Å². The Morgan fingerprint density at radius 3 is 2.46 bits per heavy atom. The summed E-state index contributed by atoms with van der Waals surface area (Å²) in [4.78, 5) is 29.1. The molecule has 0 aliphatic carbocycles. The number of anilines is 2. The van der Waals surface area contributed by atoms with E-state index in [2.05, 4.69) is 18.3 Å². The van der Waals surface area contributed by atoms with Gasteiger partial charge in [0.1, 0.15) is 0 Å². The van der Waals surface area contributed by atoms with Crippen molar-refractivity contribution in [2.75, 3.05) is 30.4 Å². The highest BCUT2D eigenvalue weighted by Crippen LogP contribution is 2.30. The predicted molar refractivity (Wildman–Crippen MR) is 114 cm³/mol. The molecule has 1 aliphatic rings. The minimum atomic E-state index is -0.111. The third kappa shape index (κ3) is 4.42. The second-order valence-electron chi connectivity index (χ2n) is 7.77. The van der Waals surface area contributed by atoms with E-state index in [4.69, 9.17) is 0 Å². The van der Waals surface area contributed by atoms with Crippen molar-refractivity contribution in [2.24, 2.45) is 0 Å². The molecule has 5 heteroatoms. The first-order chi connectivity index (χ1) is 13.4. The van der Waals surface area contributed by atoms with Crippen LogP contribution in [-0.2, 0) is 16.0 Å². The molecule has 1 N–H and O–H groups in total. The number of aryl methyl sites for hydroxylation is 3. The van der Waals surface area contributed by atoms with E-state index in [1.807, 2.05) is 62.2 Å². The Morgan fingerprint density at radius 1 is 1.07 bits per heavy atom. The van der Waals surface area contributed by atoms with E-state index in [0.717, 1.165) is 35.3 Å². The summed E-state index contributed by atoms with van der Waals surface area (Å²) in [5.74, 6) is -0.0817. The lowest BCUT2D eigenvalue weighted by Gasteiger charge is -2.36. The lowest BCUT2D eigenvalue weighted by atomic mass is 9.96. The quantitative estimate of drug-likeness (QED) is 0.864. The largest absolute Gasteiger partial charge is 0.324 e. The summed E-state index contributed by atoms with van der Waals surface area (Å²) in [6.07, 6.45) is 1.95. The Bertz CT molecular complexity index is 858. The molecule has 0 saturated heterocycles. The molecule has 0 radical (unpaired) electrons. The number of benzene rings is 2. The number of nitrogens with one attached hydrogen (secondary N) is 1. The van der Waals surface area contributed by atoms with Crippen molar-refractivity contribution in [3.63, 3.8) is 0 Å². The van der Waals surface area contributed by atoms with Gasteiger partial charge in [-0.3, -0.25) is 14.5 Å². The average Bonchev–Trinajstić information content (AvgIpc) is 2.64. The van der Waals surface area contributed by atoms with E-state index in [1.165, 1.54) is 5.56 Å². The van der Waals surface area contributed by atoms with Crippen LogP contribution in [0, 0.1) is 13.8 Å². The van der Waals surface area contributed by atoms with Crippen LogP contribution in [0.3, 0.4) is 0 Å². The van der Waals surface area contributed by atoms with Crippen molar-refractivity contribution >= 4 is 23.2 Å². The number of hydrogen-bond acceptors (Lipinski definition) is 3. The Morgan fingerprint density at radius 2 is 1.75 bits per heavy atom. The molecule has 1 atom stereocenters. The van der Waals surface area contributed by atoms with Crippen LogP contribution >= 0.6 is 0 Å². The van der Waals surface area contributed by atoms with Crippen LogP contribution in [0.2, 0.25) is 0 Å².